The molecule has 26 heavy (non-hydrogen) atoms. The molecule has 2 aromatic rings. The molecule has 3 heterocycles. The Balaban J connectivity index is 1.36. The highest BCUT2D eigenvalue weighted by Crippen LogP contribution is 2.45. The molecule has 1 aliphatic carbocycles. The van der Waals surface area contributed by atoms with Crippen molar-refractivity contribution < 1.29 is 9.21 Å². The van der Waals surface area contributed by atoms with Crippen molar-refractivity contribution in [1.29, 1.82) is 0 Å². The maximum atomic E-state index is 13.3. The first-order chi connectivity index (χ1) is 12.6. The molecule has 0 N–H and O–H groups in total. The van der Waals surface area contributed by atoms with Crippen LogP contribution < -0.4 is 0 Å². The van der Waals surface area contributed by atoms with Crippen LogP contribution in [0.1, 0.15) is 83.4 Å². The molecule has 1 aromatic heterocycles. The summed E-state index contributed by atoms with van der Waals surface area (Å²) in [6.07, 6.45) is 6.88. The molecule has 0 spiro atoms. The number of carbonyl (C=O) groups is 1. The normalized spacial score (nSPS) is 27.8. The summed E-state index contributed by atoms with van der Waals surface area (Å²) in [5.41, 5.74) is 3.55. The molecule has 2 aliphatic heterocycles. The van der Waals surface area contributed by atoms with Crippen molar-refractivity contribution in [2.45, 2.75) is 76.3 Å². The number of carbonyl (C=O) groups excluding carboxylic acids is 1. The lowest BCUT2D eigenvalue weighted by molar-refractivity contribution is 0.0569. The average Bonchev–Trinajstić information content (AvgIpc) is 3.36. The fraction of sp³-hybridized carbons (Fsp3) is 0.522. The van der Waals surface area contributed by atoms with Gasteiger partial charge in [-0.1, -0.05) is 29.8 Å². The summed E-state index contributed by atoms with van der Waals surface area (Å²) in [5, 5.41) is 0. The predicted octanol–water partition coefficient (Wildman–Crippen LogP) is 5.32. The third kappa shape index (κ3) is 2.69. The fourth-order valence-electron chi connectivity index (χ4n) is 5.04. The van der Waals surface area contributed by atoms with E-state index in [4.69, 9.17) is 4.42 Å². The highest BCUT2D eigenvalue weighted by molar-refractivity contribution is 5.96. The van der Waals surface area contributed by atoms with Gasteiger partial charge in [0.1, 0.15) is 11.5 Å². The van der Waals surface area contributed by atoms with Crippen LogP contribution in [-0.2, 0) is 0 Å². The number of fused-ring (bicyclic) bond motifs is 2. The minimum atomic E-state index is 0.202. The van der Waals surface area contributed by atoms with Crippen molar-refractivity contribution in [2.75, 3.05) is 0 Å². The molecule has 1 amide bonds. The van der Waals surface area contributed by atoms with Crippen LogP contribution in [0.5, 0.6) is 0 Å². The van der Waals surface area contributed by atoms with E-state index < -0.39 is 0 Å². The number of furan rings is 1. The molecular formula is C23H27NO2. The van der Waals surface area contributed by atoms with Gasteiger partial charge in [0.25, 0.3) is 5.91 Å². The van der Waals surface area contributed by atoms with Gasteiger partial charge in [-0.25, -0.2) is 0 Å². The zero-order chi connectivity index (χ0) is 17.8. The summed E-state index contributed by atoms with van der Waals surface area (Å²) in [4.78, 5) is 15.5. The van der Waals surface area contributed by atoms with Gasteiger partial charge in [-0.05, 0) is 69.9 Å². The number of hydrogen-bond acceptors (Lipinski definition) is 2. The topological polar surface area (TPSA) is 33.5 Å². The molecule has 3 fully saturated rings. The Labute approximate surface area is 155 Å². The average molecular weight is 349 g/mol. The zero-order valence-corrected chi connectivity index (χ0v) is 15.7. The van der Waals surface area contributed by atoms with Gasteiger partial charge in [-0.2, -0.15) is 0 Å². The fourth-order valence-corrected chi connectivity index (χ4v) is 5.04. The first-order valence-electron chi connectivity index (χ1n) is 10.1. The van der Waals surface area contributed by atoms with E-state index in [9.17, 15) is 4.79 Å². The number of benzene rings is 1. The van der Waals surface area contributed by atoms with Crippen LogP contribution >= 0.6 is 0 Å². The number of nitrogens with zero attached hydrogens (tertiary/aromatic N) is 1. The molecule has 136 valence electrons. The van der Waals surface area contributed by atoms with Gasteiger partial charge >= 0.3 is 0 Å². The third-order valence-corrected chi connectivity index (χ3v) is 6.66. The molecule has 2 atom stereocenters. The molecular weight excluding hydrogens is 322 g/mol. The predicted molar refractivity (Wildman–Crippen MR) is 102 cm³/mol. The molecule has 1 aromatic carbocycles. The van der Waals surface area contributed by atoms with Gasteiger partial charge < -0.3 is 9.32 Å². The summed E-state index contributed by atoms with van der Waals surface area (Å²) >= 11 is 0. The number of rotatable bonds is 3. The SMILES string of the molecule is Cc1ccc(C2CC3CCC(C2)N3C(=O)c2cc(C3CC3)oc2C)cc1. The Morgan fingerprint density at radius 2 is 1.62 bits per heavy atom. The van der Waals surface area contributed by atoms with Crippen molar-refractivity contribution >= 4 is 5.91 Å². The first kappa shape index (κ1) is 16.2. The van der Waals surface area contributed by atoms with E-state index in [1.807, 2.05) is 13.0 Å². The third-order valence-electron chi connectivity index (χ3n) is 6.66. The molecule has 3 heteroatoms. The lowest BCUT2D eigenvalue weighted by Gasteiger charge is -2.39. The van der Waals surface area contributed by atoms with Crippen LogP contribution in [0.25, 0.3) is 0 Å². The maximum absolute atomic E-state index is 13.3. The molecule has 5 rings (SSSR count). The second-order valence-electron chi connectivity index (χ2n) is 8.57. The summed E-state index contributed by atoms with van der Waals surface area (Å²) in [5.74, 6) is 3.17. The van der Waals surface area contributed by atoms with Crippen molar-refractivity contribution in [3.63, 3.8) is 0 Å². The van der Waals surface area contributed by atoms with E-state index in [-0.39, 0.29) is 5.91 Å². The van der Waals surface area contributed by atoms with Crippen molar-refractivity contribution in [1.82, 2.24) is 4.90 Å². The Morgan fingerprint density at radius 1 is 0.962 bits per heavy atom. The van der Waals surface area contributed by atoms with Crippen LogP contribution in [0.3, 0.4) is 0 Å². The van der Waals surface area contributed by atoms with Crippen LogP contribution in [0.15, 0.2) is 34.7 Å². The maximum Gasteiger partial charge on any atom is 0.257 e. The second-order valence-corrected chi connectivity index (χ2v) is 8.57. The zero-order valence-electron chi connectivity index (χ0n) is 15.7. The van der Waals surface area contributed by atoms with Gasteiger partial charge in [0.05, 0.1) is 5.56 Å². The number of hydrogen-bond donors (Lipinski definition) is 0. The lowest BCUT2D eigenvalue weighted by Crippen LogP contribution is -2.46. The van der Waals surface area contributed by atoms with Crippen LogP contribution in [0.4, 0.5) is 0 Å². The van der Waals surface area contributed by atoms with Crippen LogP contribution in [0, 0.1) is 13.8 Å². The van der Waals surface area contributed by atoms with Crippen LogP contribution in [-0.4, -0.2) is 22.9 Å². The Hall–Kier alpha value is -2.03. The van der Waals surface area contributed by atoms with Crippen LogP contribution in [0.2, 0.25) is 0 Å². The number of piperidine rings is 1. The largest absolute Gasteiger partial charge is 0.465 e. The van der Waals surface area contributed by atoms with Gasteiger partial charge in [-0.3, -0.25) is 4.79 Å². The quantitative estimate of drug-likeness (QED) is 0.751. The molecule has 3 nitrogen and oxygen atoms in total. The second kappa shape index (κ2) is 6.00. The van der Waals surface area contributed by atoms with E-state index in [1.54, 1.807) is 0 Å². The van der Waals surface area contributed by atoms with Crippen molar-refractivity contribution in [3.05, 3.63) is 58.5 Å². The minimum Gasteiger partial charge on any atom is -0.465 e. The minimum absolute atomic E-state index is 0.202. The summed E-state index contributed by atoms with van der Waals surface area (Å²) in [7, 11) is 0. The number of aryl methyl sites for hydroxylation is 2. The molecule has 2 unspecified atom stereocenters. The first-order valence-corrected chi connectivity index (χ1v) is 10.1. The van der Waals surface area contributed by atoms with E-state index in [0.29, 0.717) is 23.9 Å². The summed E-state index contributed by atoms with van der Waals surface area (Å²) < 4.78 is 5.90. The number of amides is 1. The molecule has 2 saturated heterocycles. The van der Waals surface area contributed by atoms with E-state index >= 15 is 0 Å². The van der Waals surface area contributed by atoms with Crippen molar-refractivity contribution in [3.8, 4) is 0 Å². The molecule has 2 bridgehead atoms. The van der Waals surface area contributed by atoms with Gasteiger partial charge in [0.2, 0.25) is 0 Å². The molecule has 3 aliphatic rings. The lowest BCUT2D eigenvalue weighted by atomic mass is 9.84. The smallest absolute Gasteiger partial charge is 0.257 e. The van der Waals surface area contributed by atoms with E-state index in [0.717, 1.165) is 42.8 Å². The van der Waals surface area contributed by atoms with Crippen molar-refractivity contribution in [2.24, 2.45) is 0 Å². The molecule has 0 radical (unpaired) electrons. The highest BCUT2D eigenvalue weighted by Gasteiger charge is 2.44. The van der Waals surface area contributed by atoms with Gasteiger partial charge in [-0.15, -0.1) is 0 Å². The standard InChI is InChI=1S/C23H27NO2/c1-14-3-5-16(6-4-14)18-11-19-9-10-20(12-18)24(19)23(25)21-13-22(17-7-8-17)26-15(21)2/h3-6,13,17-20H,7-12H2,1-2H3. The van der Waals surface area contributed by atoms with E-state index in [1.165, 1.54) is 24.0 Å². The highest BCUT2D eigenvalue weighted by atomic mass is 16.3. The Morgan fingerprint density at radius 3 is 2.23 bits per heavy atom. The van der Waals surface area contributed by atoms with Gasteiger partial charge in [0.15, 0.2) is 0 Å². The Kier molecular flexibility index (Phi) is 3.73. The Bertz CT molecular complexity index is 816. The molecule has 1 saturated carbocycles. The summed E-state index contributed by atoms with van der Waals surface area (Å²) in [6.45, 7) is 4.08. The monoisotopic (exact) mass is 349 g/mol. The van der Waals surface area contributed by atoms with E-state index in [2.05, 4.69) is 36.1 Å². The summed E-state index contributed by atoms with van der Waals surface area (Å²) in [6, 6.07) is 11.8. The van der Waals surface area contributed by atoms with Gasteiger partial charge in [0, 0.05) is 18.0 Å².